The molecular formula is C8H14O4. The van der Waals surface area contributed by atoms with Crippen molar-refractivity contribution < 1.29 is 19.7 Å². The van der Waals surface area contributed by atoms with Gasteiger partial charge in [-0.3, -0.25) is 0 Å². The maximum absolute atomic E-state index is 8.64. The summed E-state index contributed by atoms with van der Waals surface area (Å²) in [4.78, 5) is 0. The summed E-state index contributed by atoms with van der Waals surface area (Å²) in [6.45, 7) is 3.35. The van der Waals surface area contributed by atoms with Gasteiger partial charge in [0.2, 0.25) is 0 Å². The van der Waals surface area contributed by atoms with Gasteiger partial charge in [-0.25, -0.2) is 0 Å². The molecule has 0 aromatic heterocycles. The first-order valence-electron chi connectivity index (χ1n) is 3.68. The van der Waals surface area contributed by atoms with Crippen molar-refractivity contribution >= 4 is 0 Å². The molecule has 0 aliphatic carbocycles. The van der Waals surface area contributed by atoms with Gasteiger partial charge in [-0.2, -0.15) is 0 Å². The third-order valence-corrected chi connectivity index (χ3v) is 0.918. The summed E-state index contributed by atoms with van der Waals surface area (Å²) < 4.78 is 9.43. The van der Waals surface area contributed by atoms with Crippen LogP contribution >= 0.6 is 0 Å². The Kier molecular flexibility index (Phi) is 6.72. The molecule has 0 saturated heterocycles. The average Bonchev–Trinajstić information content (AvgIpc) is 1.95. The summed E-state index contributed by atoms with van der Waals surface area (Å²) in [7, 11) is 0. The summed E-state index contributed by atoms with van der Waals surface area (Å²) in [6.07, 6.45) is -1.59. The third-order valence-electron chi connectivity index (χ3n) is 0.918. The molecule has 70 valence electrons. The van der Waals surface area contributed by atoms with Crippen LogP contribution in [0.5, 0.6) is 0 Å². The monoisotopic (exact) mass is 174 g/mol. The Labute approximate surface area is 72.1 Å². The maximum Gasteiger partial charge on any atom is 0.153 e. The van der Waals surface area contributed by atoms with E-state index in [0.29, 0.717) is 0 Å². The van der Waals surface area contributed by atoms with E-state index < -0.39 is 12.6 Å². The molecule has 12 heavy (non-hydrogen) atoms. The molecule has 4 heteroatoms. The number of ether oxygens (including phenoxy) is 2. The van der Waals surface area contributed by atoms with E-state index in [1.54, 1.807) is 0 Å². The van der Waals surface area contributed by atoms with Crippen molar-refractivity contribution in [3.8, 4) is 11.8 Å². The summed E-state index contributed by atoms with van der Waals surface area (Å²) >= 11 is 0. The normalized spacial score (nSPS) is 14.7. The zero-order valence-electron chi connectivity index (χ0n) is 7.28. The lowest BCUT2D eigenvalue weighted by Crippen LogP contribution is -2.07. The lowest BCUT2D eigenvalue weighted by molar-refractivity contribution is -0.0747. The fourth-order valence-corrected chi connectivity index (χ4v) is 0.427. The Morgan fingerprint density at radius 2 is 1.33 bits per heavy atom. The second kappa shape index (κ2) is 7.07. The standard InChI is InChI=1S/C8H14O4/c1-7(9)11-5-3-4-6-12-8(2)10/h7-10H,5-6H2,1-2H3/t7-,8-/m0/s1. The Morgan fingerprint density at radius 3 is 1.58 bits per heavy atom. The molecule has 0 unspecified atom stereocenters. The maximum atomic E-state index is 8.64. The van der Waals surface area contributed by atoms with E-state index in [-0.39, 0.29) is 13.2 Å². The van der Waals surface area contributed by atoms with Crippen LogP contribution < -0.4 is 0 Å². The van der Waals surface area contributed by atoms with E-state index in [4.69, 9.17) is 19.7 Å². The van der Waals surface area contributed by atoms with E-state index in [1.807, 2.05) is 0 Å². The van der Waals surface area contributed by atoms with Crippen molar-refractivity contribution in [1.82, 2.24) is 0 Å². The first kappa shape index (κ1) is 11.4. The molecule has 0 aromatic rings. The Morgan fingerprint density at radius 1 is 1.00 bits per heavy atom. The van der Waals surface area contributed by atoms with E-state index in [1.165, 1.54) is 13.8 Å². The van der Waals surface area contributed by atoms with Gasteiger partial charge in [-0.05, 0) is 13.8 Å². The lowest BCUT2D eigenvalue weighted by Gasteiger charge is -2.01. The van der Waals surface area contributed by atoms with Gasteiger partial charge < -0.3 is 19.7 Å². The molecule has 0 rings (SSSR count). The molecule has 0 spiro atoms. The summed E-state index contributed by atoms with van der Waals surface area (Å²) in [6, 6.07) is 0. The summed E-state index contributed by atoms with van der Waals surface area (Å²) in [5, 5.41) is 17.3. The topological polar surface area (TPSA) is 58.9 Å². The van der Waals surface area contributed by atoms with Gasteiger partial charge in [0.15, 0.2) is 12.6 Å². The molecule has 0 amide bonds. The van der Waals surface area contributed by atoms with Gasteiger partial charge in [0, 0.05) is 0 Å². The van der Waals surface area contributed by atoms with Crippen LogP contribution in [0.2, 0.25) is 0 Å². The Balaban J connectivity index is 3.23. The highest BCUT2D eigenvalue weighted by Gasteiger charge is 1.90. The van der Waals surface area contributed by atoms with E-state index in [0.717, 1.165) is 0 Å². The molecule has 0 saturated carbocycles. The zero-order chi connectivity index (χ0) is 9.40. The zero-order valence-corrected chi connectivity index (χ0v) is 7.28. The highest BCUT2D eigenvalue weighted by atomic mass is 16.6. The minimum absolute atomic E-state index is 0.167. The van der Waals surface area contributed by atoms with E-state index in [9.17, 15) is 0 Å². The van der Waals surface area contributed by atoms with Crippen molar-refractivity contribution in [1.29, 1.82) is 0 Å². The van der Waals surface area contributed by atoms with Crippen LogP contribution in [0.4, 0.5) is 0 Å². The highest BCUT2D eigenvalue weighted by molar-refractivity contribution is 4.99. The van der Waals surface area contributed by atoms with Crippen molar-refractivity contribution in [2.45, 2.75) is 26.4 Å². The fraction of sp³-hybridized carbons (Fsp3) is 0.750. The summed E-state index contributed by atoms with van der Waals surface area (Å²) in [5.41, 5.74) is 0. The molecule has 0 fully saturated rings. The molecule has 2 atom stereocenters. The van der Waals surface area contributed by atoms with Gasteiger partial charge in [-0.1, -0.05) is 11.8 Å². The highest BCUT2D eigenvalue weighted by Crippen LogP contribution is 1.82. The first-order valence-corrected chi connectivity index (χ1v) is 3.68. The minimum Gasteiger partial charge on any atom is -0.368 e. The second-order valence-corrected chi connectivity index (χ2v) is 2.17. The quantitative estimate of drug-likeness (QED) is 0.454. The van der Waals surface area contributed by atoms with Crippen LogP contribution in [0.1, 0.15) is 13.8 Å². The Hall–Kier alpha value is -0.600. The van der Waals surface area contributed by atoms with Gasteiger partial charge >= 0.3 is 0 Å². The molecule has 0 heterocycles. The predicted octanol–water partition coefficient (Wildman–Crippen LogP) is -0.300. The van der Waals surface area contributed by atoms with Crippen LogP contribution in [0.25, 0.3) is 0 Å². The number of aliphatic hydroxyl groups is 2. The van der Waals surface area contributed by atoms with Crippen molar-refractivity contribution in [3.63, 3.8) is 0 Å². The molecule has 0 aliphatic heterocycles. The second-order valence-electron chi connectivity index (χ2n) is 2.17. The van der Waals surface area contributed by atoms with Crippen molar-refractivity contribution in [2.75, 3.05) is 13.2 Å². The molecule has 4 nitrogen and oxygen atoms in total. The van der Waals surface area contributed by atoms with Crippen LogP contribution in [-0.4, -0.2) is 36.0 Å². The van der Waals surface area contributed by atoms with Gasteiger partial charge in [0.25, 0.3) is 0 Å². The van der Waals surface area contributed by atoms with Crippen LogP contribution in [0.15, 0.2) is 0 Å². The third kappa shape index (κ3) is 9.40. The number of hydrogen-bond donors (Lipinski definition) is 2. The van der Waals surface area contributed by atoms with Crippen LogP contribution in [0, 0.1) is 11.8 Å². The predicted molar refractivity (Wildman–Crippen MR) is 43.0 cm³/mol. The average molecular weight is 174 g/mol. The first-order chi connectivity index (χ1) is 5.63. The minimum atomic E-state index is -0.794. The molecular weight excluding hydrogens is 160 g/mol. The van der Waals surface area contributed by atoms with Gasteiger partial charge in [0.05, 0.1) is 0 Å². The number of hydrogen-bond acceptors (Lipinski definition) is 4. The van der Waals surface area contributed by atoms with Crippen LogP contribution in [0.3, 0.4) is 0 Å². The molecule has 0 bridgehead atoms. The van der Waals surface area contributed by atoms with Crippen LogP contribution in [-0.2, 0) is 9.47 Å². The molecule has 0 radical (unpaired) electrons. The Bertz CT molecular complexity index is 138. The molecule has 2 N–H and O–H groups in total. The van der Waals surface area contributed by atoms with E-state index in [2.05, 4.69) is 11.8 Å². The fourth-order valence-electron chi connectivity index (χ4n) is 0.427. The summed E-state index contributed by atoms with van der Waals surface area (Å²) in [5.74, 6) is 5.21. The van der Waals surface area contributed by atoms with Crippen molar-refractivity contribution in [3.05, 3.63) is 0 Å². The largest absolute Gasteiger partial charge is 0.368 e. The van der Waals surface area contributed by atoms with E-state index >= 15 is 0 Å². The molecule has 0 aliphatic rings. The van der Waals surface area contributed by atoms with Gasteiger partial charge in [-0.15, -0.1) is 0 Å². The lowest BCUT2D eigenvalue weighted by atomic mass is 10.6. The number of rotatable bonds is 4. The SMILES string of the molecule is C[C@@H](O)OCC#CCO[C@@H](C)O. The smallest absolute Gasteiger partial charge is 0.153 e. The van der Waals surface area contributed by atoms with Gasteiger partial charge in [0.1, 0.15) is 13.2 Å². The molecule has 0 aromatic carbocycles. The number of aliphatic hydroxyl groups excluding tert-OH is 2. The van der Waals surface area contributed by atoms with Crippen molar-refractivity contribution in [2.24, 2.45) is 0 Å².